The molecule has 0 aliphatic carbocycles. The lowest BCUT2D eigenvalue weighted by Gasteiger charge is -2.20. The Bertz CT molecular complexity index is 445. The molecule has 0 spiro atoms. The molecule has 0 radical (unpaired) electrons. The number of hydrogen-bond donors (Lipinski definition) is 1. The van der Waals surface area contributed by atoms with E-state index in [1.807, 2.05) is 0 Å². The largest absolute Gasteiger partial charge is 0.291 e. The zero-order chi connectivity index (χ0) is 12.8. The van der Waals surface area contributed by atoms with Gasteiger partial charge < -0.3 is 0 Å². The summed E-state index contributed by atoms with van der Waals surface area (Å²) in [5.74, 6) is 2.86. The Balaban J connectivity index is 2.19. The van der Waals surface area contributed by atoms with E-state index < -0.39 is 0 Å². The minimum atomic E-state index is 0.143. The summed E-state index contributed by atoms with van der Waals surface area (Å²) in [6.07, 6.45) is 7.73. The molecule has 0 aromatic carbocycles. The highest BCUT2D eigenvalue weighted by molar-refractivity contribution is 7.11. The van der Waals surface area contributed by atoms with Crippen LogP contribution in [0.15, 0.2) is 35.0 Å². The highest BCUT2D eigenvalue weighted by Gasteiger charge is 2.18. The molecule has 0 aliphatic heterocycles. The number of terminal acetylenes is 1. The standard InChI is InChI=1S/C15H17NS2/c1-3-7-12(4-2)16-15(13-8-5-10-17-13)14-9-6-11-18-14/h2,5-6,8-12,15-16H,3,7H2,1H3. The number of nitrogens with one attached hydrogen (secondary N) is 1. The highest BCUT2D eigenvalue weighted by Crippen LogP contribution is 2.29. The van der Waals surface area contributed by atoms with Gasteiger partial charge in [0.25, 0.3) is 0 Å². The van der Waals surface area contributed by atoms with Crippen LogP contribution in [0, 0.1) is 12.3 Å². The molecule has 0 saturated heterocycles. The van der Waals surface area contributed by atoms with Gasteiger partial charge in [-0.05, 0) is 29.3 Å². The van der Waals surface area contributed by atoms with Crippen LogP contribution in [0.1, 0.15) is 35.6 Å². The van der Waals surface area contributed by atoms with Gasteiger partial charge in [0.2, 0.25) is 0 Å². The zero-order valence-electron chi connectivity index (χ0n) is 10.4. The molecule has 1 nitrogen and oxygen atoms in total. The van der Waals surface area contributed by atoms with Gasteiger partial charge in [-0.25, -0.2) is 0 Å². The van der Waals surface area contributed by atoms with E-state index in [1.54, 1.807) is 22.7 Å². The summed E-state index contributed by atoms with van der Waals surface area (Å²) in [4.78, 5) is 2.66. The van der Waals surface area contributed by atoms with E-state index in [1.165, 1.54) is 9.75 Å². The molecular weight excluding hydrogens is 258 g/mol. The normalized spacial score (nSPS) is 12.5. The van der Waals surface area contributed by atoms with Crippen molar-refractivity contribution in [3.8, 4) is 12.3 Å². The van der Waals surface area contributed by atoms with Gasteiger partial charge >= 0.3 is 0 Å². The van der Waals surface area contributed by atoms with Gasteiger partial charge in [-0.15, -0.1) is 29.1 Å². The maximum absolute atomic E-state index is 5.61. The fourth-order valence-corrected chi connectivity index (χ4v) is 3.60. The first kappa shape index (κ1) is 13.4. The second kappa shape index (κ2) is 6.75. The van der Waals surface area contributed by atoms with Crippen LogP contribution >= 0.6 is 22.7 Å². The Morgan fingerprint density at radius 1 is 1.22 bits per heavy atom. The van der Waals surface area contributed by atoms with Crippen LogP contribution in [0.25, 0.3) is 0 Å². The molecule has 0 bridgehead atoms. The summed E-state index contributed by atoms with van der Waals surface area (Å²) in [6.45, 7) is 2.16. The predicted molar refractivity (Wildman–Crippen MR) is 81.1 cm³/mol. The summed E-state index contributed by atoms with van der Waals surface area (Å²) < 4.78 is 0. The third-order valence-corrected chi connectivity index (χ3v) is 4.68. The molecule has 1 N–H and O–H groups in total. The molecule has 2 heterocycles. The van der Waals surface area contributed by atoms with E-state index in [4.69, 9.17) is 6.42 Å². The molecule has 2 rings (SSSR count). The smallest absolute Gasteiger partial charge is 0.0774 e. The Hall–Kier alpha value is -1.08. The molecule has 18 heavy (non-hydrogen) atoms. The summed E-state index contributed by atoms with van der Waals surface area (Å²) in [5, 5.41) is 7.82. The van der Waals surface area contributed by atoms with Crippen LogP contribution in [0.2, 0.25) is 0 Å². The quantitative estimate of drug-likeness (QED) is 0.775. The summed E-state index contributed by atoms with van der Waals surface area (Å²) in [5.41, 5.74) is 0. The average molecular weight is 275 g/mol. The van der Waals surface area contributed by atoms with Gasteiger partial charge in [0.15, 0.2) is 0 Å². The molecule has 2 aromatic heterocycles. The summed E-state index contributed by atoms with van der Waals surface area (Å²) >= 11 is 3.55. The van der Waals surface area contributed by atoms with Gasteiger partial charge in [-0.1, -0.05) is 31.4 Å². The predicted octanol–water partition coefficient (Wildman–Crippen LogP) is 4.29. The Morgan fingerprint density at radius 3 is 2.22 bits per heavy atom. The Kier molecular flexibility index (Phi) is 5.00. The van der Waals surface area contributed by atoms with Crippen LogP contribution in [0.4, 0.5) is 0 Å². The van der Waals surface area contributed by atoms with E-state index in [2.05, 4.69) is 53.2 Å². The van der Waals surface area contributed by atoms with E-state index >= 15 is 0 Å². The Labute approximate surface area is 117 Å². The van der Waals surface area contributed by atoms with Gasteiger partial charge in [0, 0.05) is 9.75 Å². The third kappa shape index (κ3) is 3.23. The van der Waals surface area contributed by atoms with Crippen molar-refractivity contribution < 1.29 is 0 Å². The first-order valence-corrected chi connectivity index (χ1v) is 7.90. The van der Waals surface area contributed by atoms with Gasteiger partial charge in [-0.2, -0.15) is 0 Å². The number of hydrogen-bond acceptors (Lipinski definition) is 3. The summed E-state index contributed by atoms with van der Waals surface area (Å²) in [6, 6.07) is 8.89. The molecule has 3 heteroatoms. The molecule has 1 atom stereocenters. The first-order valence-electron chi connectivity index (χ1n) is 6.14. The van der Waals surface area contributed by atoms with Crippen LogP contribution in [-0.2, 0) is 0 Å². The van der Waals surface area contributed by atoms with Crippen molar-refractivity contribution in [3.63, 3.8) is 0 Å². The van der Waals surface area contributed by atoms with Crippen molar-refractivity contribution in [2.24, 2.45) is 0 Å². The van der Waals surface area contributed by atoms with Crippen molar-refractivity contribution in [1.29, 1.82) is 0 Å². The van der Waals surface area contributed by atoms with E-state index in [9.17, 15) is 0 Å². The minimum Gasteiger partial charge on any atom is -0.291 e. The van der Waals surface area contributed by atoms with Crippen LogP contribution in [0.3, 0.4) is 0 Å². The SMILES string of the molecule is C#CC(CCC)NC(c1cccs1)c1cccs1. The molecule has 94 valence electrons. The number of thiophene rings is 2. The monoisotopic (exact) mass is 275 g/mol. The molecule has 0 fully saturated rings. The lowest BCUT2D eigenvalue weighted by molar-refractivity contribution is 0.523. The van der Waals surface area contributed by atoms with E-state index in [-0.39, 0.29) is 12.1 Å². The maximum Gasteiger partial charge on any atom is 0.0774 e. The topological polar surface area (TPSA) is 12.0 Å². The second-order valence-corrected chi connectivity index (χ2v) is 6.10. The molecular formula is C15H17NS2. The fourth-order valence-electron chi connectivity index (χ4n) is 1.92. The van der Waals surface area contributed by atoms with Crippen molar-refractivity contribution in [2.75, 3.05) is 0 Å². The van der Waals surface area contributed by atoms with Crippen LogP contribution < -0.4 is 5.32 Å². The van der Waals surface area contributed by atoms with E-state index in [0.717, 1.165) is 12.8 Å². The average Bonchev–Trinajstić information content (AvgIpc) is 3.06. The molecule has 0 saturated carbocycles. The maximum atomic E-state index is 5.61. The zero-order valence-corrected chi connectivity index (χ0v) is 12.1. The number of rotatable bonds is 6. The van der Waals surface area contributed by atoms with Crippen molar-refractivity contribution in [3.05, 3.63) is 44.8 Å². The van der Waals surface area contributed by atoms with Crippen molar-refractivity contribution >= 4 is 22.7 Å². The molecule has 2 aromatic rings. The van der Waals surface area contributed by atoms with Gasteiger partial charge in [-0.3, -0.25) is 5.32 Å². The first-order chi connectivity index (χ1) is 8.85. The Morgan fingerprint density at radius 2 is 1.83 bits per heavy atom. The minimum absolute atomic E-state index is 0.143. The third-order valence-electron chi connectivity index (χ3n) is 2.80. The molecule has 0 amide bonds. The van der Waals surface area contributed by atoms with Gasteiger partial charge in [0.05, 0.1) is 12.1 Å². The lowest BCUT2D eigenvalue weighted by atomic mass is 10.1. The van der Waals surface area contributed by atoms with Crippen molar-refractivity contribution in [2.45, 2.75) is 31.8 Å². The van der Waals surface area contributed by atoms with Crippen LogP contribution in [0.5, 0.6) is 0 Å². The molecule has 1 unspecified atom stereocenters. The van der Waals surface area contributed by atoms with Gasteiger partial charge in [0.1, 0.15) is 0 Å². The lowest BCUT2D eigenvalue weighted by Crippen LogP contribution is -2.31. The molecule has 0 aliphatic rings. The van der Waals surface area contributed by atoms with Crippen molar-refractivity contribution in [1.82, 2.24) is 5.32 Å². The fraction of sp³-hybridized carbons (Fsp3) is 0.333. The van der Waals surface area contributed by atoms with E-state index in [0.29, 0.717) is 0 Å². The second-order valence-electron chi connectivity index (χ2n) is 4.14. The van der Waals surface area contributed by atoms with Crippen LogP contribution in [-0.4, -0.2) is 6.04 Å². The summed E-state index contributed by atoms with van der Waals surface area (Å²) in [7, 11) is 0. The highest BCUT2D eigenvalue weighted by atomic mass is 32.1.